The van der Waals surface area contributed by atoms with E-state index in [1.54, 1.807) is 31.2 Å². The quantitative estimate of drug-likeness (QED) is 0.681. The summed E-state index contributed by atoms with van der Waals surface area (Å²) in [6, 6.07) is 9.42. The number of halogens is 1. The summed E-state index contributed by atoms with van der Waals surface area (Å²) in [6.45, 7) is 1.87. The Hall–Kier alpha value is -2.46. The normalized spacial score (nSPS) is 12.6. The molecule has 0 spiro atoms. The van der Waals surface area contributed by atoms with Gasteiger partial charge in [0, 0.05) is 16.7 Å². The van der Waals surface area contributed by atoms with Gasteiger partial charge in [0.15, 0.2) is 11.6 Å². The number of hydrogen-bond donors (Lipinski definition) is 0. The van der Waals surface area contributed by atoms with Gasteiger partial charge in [0.2, 0.25) is 0 Å². The average Bonchev–Trinajstić information content (AvgIpc) is 2.52. The maximum absolute atomic E-state index is 12.6. The third kappa shape index (κ3) is 2.04. The number of rotatable bonds is 2. The van der Waals surface area contributed by atoms with Gasteiger partial charge < -0.3 is 4.74 Å². The fourth-order valence-corrected chi connectivity index (χ4v) is 2.84. The van der Waals surface area contributed by atoms with Crippen LogP contribution in [0.2, 0.25) is 5.02 Å². The van der Waals surface area contributed by atoms with Crippen molar-refractivity contribution in [3.8, 4) is 0 Å². The van der Waals surface area contributed by atoms with Gasteiger partial charge >= 0.3 is 5.97 Å². The van der Waals surface area contributed by atoms with Crippen molar-refractivity contribution in [1.29, 1.82) is 0 Å². The first-order chi connectivity index (χ1) is 10.6. The predicted octanol–water partition coefficient (Wildman–Crippen LogP) is 3.29. The van der Waals surface area contributed by atoms with Crippen LogP contribution in [0.1, 0.15) is 49.1 Å². The summed E-state index contributed by atoms with van der Waals surface area (Å²) in [5.41, 5.74) is 1.00. The minimum atomic E-state index is -0.616. The molecular formula is C17H11ClO4. The topological polar surface area (TPSA) is 60.4 Å². The Kier molecular flexibility index (Phi) is 3.54. The lowest BCUT2D eigenvalue weighted by molar-refractivity contribution is 0.0526. The van der Waals surface area contributed by atoms with E-state index in [1.165, 1.54) is 12.1 Å². The van der Waals surface area contributed by atoms with E-state index in [9.17, 15) is 14.4 Å². The van der Waals surface area contributed by atoms with Gasteiger partial charge in [-0.05, 0) is 19.1 Å². The summed E-state index contributed by atoms with van der Waals surface area (Å²) in [5, 5.41) is -0.0381. The second kappa shape index (κ2) is 5.39. The van der Waals surface area contributed by atoms with E-state index in [-0.39, 0.29) is 39.9 Å². The first-order valence-electron chi connectivity index (χ1n) is 6.74. The zero-order valence-corrected chi connectivity index (χ0v) is 12.4. The number of hydrogen-bond acceptors (Lipinski definition) is 4. The summed E-state index contributed by atoms with van der Waals surface area (Å²) in [7, 11) is 0. The number of ether oxygens (including phenoxy) is 1. The van der Waals surface area contributed by atoms with E-state index in [1.807, 2.05) is 0 Å². The molecular weight excluding hydrogens is 304 g/mol. The lowest BCUT2D eigenvalue weighted by atomic mass is 9.83. The molecule has 0 heterocycles. The van der Waals surface area contributed by atoms with Crippen molar-refractivity contribution in [2.75, 3.05) is 6.61 Å². The molecule has 0 bridgehead atoms. The monoisotopic (exact) mass is 314 g/mol. The number of fused-ring (bicyclic) bond motifs is 2. The Balaban J connectivity index is 2.21. The fourth-order valence-electron chi connectivity index (χ4n) is 2.51. The molecule has 3 rings (SSSR count). The molecule has 0 aromatic heterocycles. The lowest BCUT2D eigenvalue weighted by Crippen LogP contribution is -2.22. The molecule has 4 nitrogen and oxygen atoms in total. The zero-order valence-electron chi connectivity index (χ0n) is 11.7. The summed E-state index contributed by atoms with van der Waals surface area (Å²) in [4.78, 5) is 37.0. The first-order valence-corrected chi connectivity index (χ1v) is 7.12. The highest BCUT2D eigenvalue weighted by molar-refractivity contribution is 6.41. The molecule has 0 N–H and O–H groups in total. The van der Waals surface area contributed by atoms with Gasteiger partial charge in [0.05, 0.1) is 22.8 Å². The van der Waals surface area contributed by atoms with E-state index < -0.39 is 5.97 Å². The molecule has 0 radical (unpaired) electrons. The standard InChI is InChI=1S/C17H11ClO4/c1-2-22-17(21)12-8-7-11-13(14(12)18)16(20)10-6-4-3-5-9(10)15(11)19/h3-8H,2H2,1H3. The van der Waals surface area contributed by atoms with Gasteiger partial charge in [-0.3, -0.25) is 9.59 Å². The van der Waals surface area contributed by atoms with E-state index in [0.29, 0.717) is 11.1 Å². The minimum Gasteiger partial charge on any atom is -0.462 e. The van der Waals surface area contributed by atoms with Crippen LogP contribution in [0, 0.1) is 0 Å². The van der Waals surface area contributed by atoms with Crippen molar-refractivity contribution < 1.29 is 19.1 Å². The Labute approximate surface area is 131 Å². The van der Waals surface area contributed by atoms with Crippen LogP contribution in [0.15, 0.2) is 36.4 Å². The Morgan fingerprint density at radius 2 is 1.64 bits per heavy atom. The maximum atomic E-state index is 12.6. The molecule has 0 amide bonds. The Morgan fingerprint density at radius 3 is 2.27 bits per heavy atom. The minimum absolute atomic E-state index is 0.0381. The predicted molar refractivity (Wildman–Crippen MR) is 80.7 cm³/mol. The smallest absolute Gasteiger partial charge is 0.339 e. The molecule has 0 aliphatic heterocycles. The number of carbonyl (C=O) groups excluding carboxylic acids is 3. The van der Waals surface area contributed by atoms with E-state index in [0.717, 1.165) is 0 Å². The van der Waals surface area contributed by atoms with Gasteiger partial charge in [-0.15, -0.1) is 0 Å². The highest BCUT2D eigenvalue weighted by Gasteiger charge is 2.33. The van der Waals surface area contributed by atoms with E-state index >= 15 is 0 Å². The van der Waals surface area contributed by atoms with Crippen LogP contribution in [-0.4, -0.2) is 24.1 Å². The molecule has 2 aromatic rings. The Morgan fingerprint density at radius 1 is 1.00 bits per heavy atom. The van der Waals surface area contributed by atoms with Crippen molar-refractivity contribution in [3.63, 3.8) is 0 Å². The summed E-state index contributed by atoms with van der Waals surface area (Å²) >= 11 is 6.21. The molecule has 0 fully saturated rings. The van der Waals surface area contributed by atoms with Gasteiger partial charge in [-0.1, -0.05) is 35.9 Å². The van der Waals surface area contributed by atoms with Gasteiger partial charge in [0.25, 0.3) is 0 Å². The molecule has 0 saturated carbocycles. The molecule has 0 atom stereocenters. The van der Waals surface area contributed by atoms with Gasteiger partial charge in [-0.2, -0.15) is 0 Å². The molecule has 0 unspecified atom stereocenters. The zero-order chi connectivity index (χ0) is 15.9. The van der Waals surface area contributed by atoms with Gasteiger partial charge in [0.1, 0.15) is 0 Å². The largest absolute Gasteiger partial charge is 0.462 e. The Bertz CT molecular complexity index is 823. The second-order valence-corrected chi connectivity index (χ2v) is 5.15. The highest BCUT2D eigenvalue weighted by atomic mass is 35.5. The first kappa shape index (κ1) is 14.5. The maximum Gasteiger partial charge on any atom is 0.339 e. The molecule has 1 aliphatic rings. The van der Waals surface area contributed by atoms with Crippen molar-refractivity contribution in [3.05, 3.63) is 69.2 Å². The van der Waals surface area contributed by atoms with Crippen LogP contribution in [0.4, 0.5) is 0 Å². The van der Waals surface area contributed by atoms with Crippen LogP contribution < -0.4 is 0 Å². The molecule has 110 valence electrons. The summed E-state index contributed by atoms with van der Waals surface area (Å²) < 4.78 is 4.91. The summed E-state index contributed by atoms with van der Waals surface area (Å²) in [6.07, 6.45) is 0. The molecule has 2 aromatic carbocycles. The van der Waals surface area contributed by atoms with Crippen LogP contribution in [0.3, 0.4) is 0 Å². The molecule has 22 heavy (non-hydrogen) atoms. The van der Waals surface area contributed by atoms with Crippen LogP contribution in [-0.2, 0) is 4.74 Å². The SMILES string of the molecule is CCOC(=O)c1ccc2c(c1Cl)C(=O)c1ccccc1C2=O. The van der Waals surface area contributed by atoms with Crippen molar-refractivity contribution in [1.82, 2.24) is 0 Å². The van der Waals surface area contributed by atoms with E-state index in [2.05, 4.69) is 0 Å². The average molecular weight is 315 g/mol. The lowest BCUT2D eigenvalue weighted by Gasteiger charge is -2.19. The van der Waals surface area contributed by atoms with Crippen LogP contribution in [0.5, 0.6) is 0 Å². The fraction of sp³-hybridized carbons (Fsp3) is 0.118. The second-order valence-electron chi connectivity index (χ2n) is 4.77. The highest BCUT2D eigenvalue weighted by Crippen LogP contribution is 2.34. The van der Waals surface area contributed by atoms with Crippen molar-refractivity contribution >= 4 is 29.1 Å². The van der Waals surface area contributed by atoms with Crippen LogP contribution >= 0.6 is 11.6 Å². The third-order valence-corrected chi connectivity index (χ3v) is 3.92. The molecule has 1 aliphatic carbocycles. The van der Waals surface area contributed by atoms with Crippen molar-refractivity contribution in [2.24, 2.45) is 0 Å². The molecule has 5 heteroatoms. The number of benzene rings is 2. The van der Waals surface area contributed by atoms with E-state index in [4.69, 9.17) is 16.3 Å². The number of esters is 1. The van der Waals surface area contributed by atoms with Crippen LogP contribution in [0.25, 0.3) is 0 Å². The number of ketones is 2. The molecule has 0 saturated heterocycles. The van der Waals surface area contributed by atoms with Crippen molar-refractivity contribution in [2.45, 2.75) is 6.92 Å². The third-order valence-electron chi connectivity index (χ3n) is 3.53. The van der Waals surface area contributed by atoms with Gasteiger partial charge in [-0.25, -0.2) is 4.79 Å². The summed E-state index contributed by atoms with van der Waals surface area (Å²) in [5.74, 6) is -1.25. The number of carbonyl (C=O) groups is 3.